The third kappa shape index (κ3) is 4.37. The topological polar surface area (TPSA) is 76.1 Å². The summed E-state index contributed by atoms with van der Waals surface area (Å²) in [6.07, 6.45) is 0.0264. The summed E-state index contributed by atoms with van der Waals surface area (Å²) >= 11 is 0. The molecule has 1 rings (SSSR count). The van der Waals surface area contributed by atoms with E-state index < -0.39 is 5.97 Å². The Bertz CT molecular complexity index is 491. The molecular formula is C15H21NO5. The first-order valence-electron chi connectivity index (χ1n) is 6.61. The molecule has 0 saturated carbocycles. The molecule has 0 atom stereocenters. The summed E-state index contributed by atoms with van der Waals surface area (Å²) < 4.78 is 10.5. The van der Waals surface area contributed by atoms with Gasteiger partial charge in [-0.3, -0.25) is 9.59 Å². The van der Waals surface area contributed by atoms with Crippen LogP contribution in [0.5, 0.6) is 11.5 Å². The molecule has 1 N–H and O–H groups in total. The van der Waals surface area contributed by atoms with Gasteiger partial charge in [-0.25, -0.2) is 0 Å². The average Bonchev–Trinajstić information content (AvgIpc) is 2.44. The van der Waals surface area contributed by atoms with E-state index in [-0.39, 0.29) is 24.9 Å². The first kappa shape index (κ1) is 16.8. The third-order valence-electron chi connectivity index (χ3n) is 3.11. The van der Waals surface area contributed by atoms with Crippen LogP contribution in [0, 0.1) is 0 Å². The number of nitrogens with zero attached hydrogens (tertiary/aromatic N) is 1. The molecule has 0 bridgehead atoms. The number of rotatable bonds is 7. The number of carboxylic acids is 1. The van der Waals surface area contributed by atoms with Gasteiger partial charge in [0.2, 0.25) is 5.91 Å². The highest BCUT2D eigenvalue weighted by atomic mass is 16.5. The Morgan fingerprint density at radius 1 is 1.19 bits per heavy atom. The summed E-state index contributed by atoms with van der Waals surface area (Å²) in [4.78, 5) is 24.6. The van der Waals surface area contributed by atoms with E-state index in [0.29, 0.717) is 17.1 Å². The summed E-state index contributed by atoms with van der Waals surface area (Å²) in [7, 11) is 3.03. The van der Waals surface area contributed by atoms with E-state index in [0.717, 1.165) is 0 Å². The van der Waals surface area contributed by atoms with Gasteiger partial charge in [0, 0.05) is 11.6 Å². The Kier molecular flexibility index (Phi) is 6.02. The summed E-state index contributed by atoms with van der Waals surface area (Å²) in [5.41, 5.74) is 0.614. The molecule has 0 heterocycles. The summed E-state index contributed by atoms with van der Waals surface area (Å²) in [5, 5.41) is 8.91. The van der Waals surface area contributed by atoms with Gasteiger partial charge in [-0.05, 0) is 26.0 Å². The van der Waals surface area contributed by atoms with Crippen LogP contribution < -0.4 is 9.47 Å². The van der Waals surface area contributed by atoms with Gasteiger partial charge in [0.15, 0.2) is 0 Å². The molecular weight excluding hydrogens is 274 g/mol. The number of carbonyl (C=O) groups is 2. The van der Waals surface area contributed by atoms with Crippen LogP contribution in [0.25, 0.3) is 0 Å². The van der Waals surface area contributed by atoms with Crippen molar-refractivity contribution < 1.29 is 24.2 Å². The fourth-order valence-electron chi connectivity index (χ4n) is 2.06. The second-order valence-corrected chi connectivity index (χ2v) is 4.83. The highest BCUT2D eigenvalue weighted by Crippen LogP contribution is 2.29. The zero-order valence-corrected chi connectivity index (χ0v) is 12.8. The van der Waals surface area contributed by atoms with E-state index in [1.54, 1.807) is 32.0 Å². The molecule has 0 spiro atoms. The molecule has 0 fully saturated rings. The van der Waals surface area contributed by atoms with Crippen LogP contribution in [0.1, 0.15) is 19.4 Å². The molecule has 116 valence electrons. The maximum Gasteiger partial charge on any atom is 0.323 e. The van der Waals surface area contributed by atoms with Gasteiger partial charge < -0.3 is 19.5 Å². The summed E-state index contributed by atoms with van der Waals surface area (Å²) in [6, 6.07) is 5.04. The van der Waals surface area contributed by atoms with Crippen LogP contribution in [0.3, 0.4) is 0 Å². The van der Waals surface area contributed by atoms with Gasteiger partial charge in [-0.2, -0.15) is 0 Å². The Morgan fingerprint density at radius 2 is 1.71 bits per heavy atom. The van der Waals surface area contributed by atoms with Crippen LogP contribution in [-0.4, -0.2) is 48.7 Å². The standard InChI is InChI=1S/C15H21NO5/c1-10(2)16(9-15(18)19)14(17)8-11-12(20-3)6-5-7-13(11)21-4/h5-7,10H,8-9H2,1-4H3,(H,18,19). The number of ether oxygens (including phenoxy) is 2. The zero-order chi connectivity index (χ0) is 16.0. The predicted octanol–water partition coefficient (Wildman–Crippen LogP) is 1.57. The Balaban J connectivity index is 3.03. The van der Waals surface area contributed by atoms with Gasteiger partial charge in [0.05, 0.1) is 20.6 Å². The lowest BCUT2D eigenvalue weighted by molar-refractivity contribution is -0.145. The summed E-state index contributed by atoms with van der Waals surface area (Å²) in [5.74, 6) is -0.234. The van der Waals surface area contributed by atoms with Crippen molar-refractivity contribution in [1.29, 1.82) is 0 Å². The molecule has 6 nitrogen and oxygen atoms in total. The molecule has 0 aliphatic heterocycles. The first-order valence-corrected chi connectivity index (χ1v) is 6.61. The minimum absolute atomic E-state index is 0.0264. The molecule has 0 unspecified atom stereocenters. The van der Waals surface area contributed by atoms with E-state index >= 15 is 0 Å². The van der Waals surface area contributed by atoms with Gasteiger partial charge in [-0.1, -0.05) is 6.07 Å². The van der Waals surface area contributed by atoms with E-state index in [1.165, 1.54) is 19.1 Å². The quantitative estimate of drug-likeness (QED) is 0.826. The molecule has 0 aliphatic carbocycles. The number of carbonyl (C=O) groups excluding carboxylic acids is 1. The van der Waals surface area contributed by atoms with Crippen LogP contribution in [0.15, 0.2) is 18.2 Å². The SMILES string of the molecule is COc1cccc(OC)c1CC(=O)N(CC(=O)O)C(C)C. The van der Waals surface area contributed by atoms with Crippen molar-refractivity contribution in [2.45, 2.75) is 26.3 Å². The Morgan fingerprint density at radius 3 is 2.10 bits per heavy atom. The minimum Gasteiger partial charge on any atom is -0.496 e. The molecule has 21 heavy (non-hydrogen) atoms. The molecule has 6 heteroatoms. The van der Waals surface area contributed by atoms with Crippen molar-refractivity contribution in [3.8, 4) is 11.5 Å². The van der Waals surface area contributed by atoms with E-state index in [1.807, 2.05) is 0 Å². The predicted molar refractivity (Wildman–Crippen MR) is 77.7 cm³/mol. The van der Waals surface area contributed by atoms with Gasteiger partial charge in [0.25, 0.3) is 0 Å². The lowest BCUT2D eigenvalue weighted by atomic mass is 10.1. The van der Waals surface area contributed by atoms with E-state index in [4.69, 9.17) is 14.6 Å². The third-order valence-corrected chi connectivity index (χ3v) is 3.11. The van der Waals surface area contributed by atoms with Crippen LogP contribution in [0.4, 0.5) is 0 Å². The Labute approximate surface area is 124 Å². The zero-order valence-electron chi connectivity index (χ0n) is 12.8. The summed E-state index contributed by atoms with van der Waals surface area (Å²) in [6.45, 7) is 3.23. The molecule has 0 aromatic heterocycles. The highest BCUT2D eigenvalue weighted by molar-refractivity contribution is 5.84. The Hall–Kier alpha value is -2.24. The van der Waals surface area contributed by atoms with Crippen molar-refractivity contribution in [2.24, 2.45) is 0 Å². The molecule has 1 aromatic carbocycles. The number of hydrogen-bond acceptors (Lipinski definition) is 4. The second kappa shape index (κ2) is 7.52. The molecule has 1 aromatic rings. The van der Waals surface area contributed by atoms with Gasteiger partial charge in [-0.15, -0.1) is 0 Å². The lowest BCUT2D eigenvalue weighted by Gasteiger charge is -2.25. The highest BCUT2D eigenvalue weighted by Gasteiger charge is 2.22. The largest absolute Gasteiger partial charge is 0.496 e. The molecule has 0 radical (unpaired) electrons. The number of hydrogen-bond donors (Lipinski definition) is 1. The minimum atomic E-state index is -1.04. The fraction of sp³-hybridized carbons (Fsp3) is 0.467. The maximum atomic E-state index is 12.4. The van der Waals surface area contributed by atoms with Crippen LogP contribution >= 0.6 is 0 Å². The monoisotopic (exact) mass is 295 g/mol. The van der Waals surface area contributed by atoms with Crippen molar-refractivity contribution in [2.75, 3.05) is 20.8 Å². The van der Waals surface area contributed by atoms with Gasteiger partial charge in [0.1, 0.15) is 18.0 Å². The fourth-order valence-corrected chi connectivity index (χ4v) is 2.06. The number of amides is 1. The first-order chi connectivity index (χ1) is 9.90. The average molecular weight is 295 g/mol. The van der Waals surface area contributed by atoms with Crippen molar-refractivity contribution in [3.63, 3.8) is 0 Å². The van der Waals surface area contributed by atoms with Gasteiger partial charge >= 0.3 is 5.97 Å². The van der Waals surface area contributed by atoms with Crippen molar-refractivity contribution in [3.05, 3.63) is 23.8 Å². The second-order valence-electron chi connectivity index (χ2n) is 4.83. The smallest absolute Gasteiger partial charge is 0.323 e. The number of carboxylic acid groups (broad SMARTS) is 1. The number of aliphatic carboxylic acids is 1. The molecule has 0 aliphatic rings. The van der Waals surface area contributed by atoms with Crippen molar-refractivity contribution >= 4 is 11.9 Å². The molecule has 1 amide bonds. The number of methoxy groups -OCH3 is 2. The molecule has 0 saturated heterocycles. The van der Waals surface area contributed by atoms with Crippen LogP contribution in [0.2, 0.25) is 0 Å². The number of benzene rings is 1. The van der Waals surface area contributed by atoms with E-state index in [9.17, 15) is 9.59 Å². The van der Waals surface area contributed by atoms with Crippen molar-refractivity contribution in [1.82, 2.24) is 4.90 Å². The lowest BCUT2D eigenvalue weighted by Crippen LogP contribution is -2.41. The van der Waals surface area contributed by atoms with Crippen LogP contribution in [-0.2, 0) is 16.0 Å². The normalized spacial score (nSPS) is 10.3. The maximum absolute atomic E-state index is 12.4. The van der Waals surface area contributed by atoms with E-state index in [2.05, 4.69) is 0 Å².